The molecule has 2 saturated heterocycles. The summed E-state index contributed by atoms with van der Waals surface area (Å²) in [6.07, 6.45) is 3.46. The molecule has 2 aliphatic rings. The van der Waals surface area contributed by atoms with Gasteiger partial charge in [0.1, 0.15) is 0 Å². The van der Waals surface area contributed by atoms with Crippen LogP contribution in [-0.2, 0) is 11.3 Å². The molecular formula is C20H21N7O. The third-order valence-electron chi connectivity index (χ3n) is 5.77. The summed E-state index contributed by atoms with van der Waals surface area (Å²) < 4.78 is 1.74. The average molecular weight is 375 g/mol. The summed E-state index contributed by atoms with van der Waals surface area (Å²) in [7, 11) is 0. The summed E-state index contributed by atoms with van der Waals surface area (Å²) in [5.41, 5.74) is 1.50. The molecule has 1 unspecified atom stereocenters. The third kappa shape index (κ3) is 2.81. The fourth-order valence-corrected chi connectivity index (χ4v) is 4.27. The molecule has 2 fully saturated rings. The van der Waals surface area contributed by atoms with Crippen molar-refractivity contribution in [2.75, 3.05) is 24.5 Å². The molecule has 2 aromatic heterocycles. The van der Waals surface area contributed by atoms with Gasteiger partial charge in [-0.25, -0.2) is 0 Å². The molecule has 2 aliphatic heterocycles. The van der Waals surface area contributed by atoms with Crippen LogP contribution < -0.4 is 4.90 Å². The van der Waals surface area contributed by atoms with E-state index in [-0.39, 0.29) is 11.3 Å². The number of benzene rings is 1. The van der Waals surface area contributed by atoms with E-state index in [1.54, 1.807) is 10.9 Å². The van der Waals surface area contributed by atoms with Gasteiger partial charge in [0, 0.05) is 25.8 Å². The Morgan fingerprint density at radius 1 is 1.00 bits per heavy atom. The maximum Gasteiger partial charge on any atom is 0.250 e. The van der Waals surface area contributed by atoms with Gasteiger partial charge in [0.2, 0.25) is 11.9 Å². The monoisotopic (exact) mass is 375 g/mol. The number of anilines is 1. The minimum absolute atomic E-state index is 0.222. The van der Waals surface area contributed by atoms with Crippen molar-refractivity contribution < 1.29 is 4.79 Å². The summed E-state index contributed by atoms with van der Waals surface area (Å²) in [5.74, 6) is 0.915. The van der Waals surface area contributed by atoms with Crippen LogP contribution in [0, 0.1) is 5.41 Å². The minimum atomic E-state index is -0.345. The molecule has 5 rings (SSSR count). The first-order valence-electron chi connectivity index (χ1n) is 9.53. The normalized spacial score (nSPS) is 21.8. The van der Waals surface area contributed by atoms with E-state index in [0.29, 0.717) is 19.0 Å². The highest BCUT2D eigenvalue weighted by atomic mass is 16.2. The molecular weight excluding hydrogens is 354 g/mol. The van der Waals surface area contributed by atoms with Crippen molar-refractivity contribution in [1.82, 2.24) is 30.1 Å². The number of tetrazole rings is 1. The minimum Gasteiger partial charge on any atom is -0.338 e. The van der Waals surface area contributed by atoms with Crippen LogP contribution in [0.2, 0.25) is 0 Å². The number of carbonyl (C=O) groups excluding carboxylic acids is 1. The van der Waals surface area contributed by atoms with E-state index in [4.69, 9.17) is 0 Å². The molecule has 28 heavy (non-hydrogen) atoms. The maximum absolute atomic E-state index is 13.2. The Bertz CT molecular complexity index is 974. The van der Waals surface area contributed by atoms with Gasteiger partial charge in [0.05, 0.1) is 23.3 Å². The van der Waals surface area contributed by atoms with Crippen LogP contribution >= 0.6 is 0 Å². The van der Waals surface area contributed by atoms with Gasteiger partial charge in [0.15, 0.2) is 0 Å². The van der Waals surface area contributed by atoms with E-state index in [2.05, 4.69) is 25.4 Å². The lowest BCUT2D eigenvalue weighted by Gasteiger charge is -2.23. The standard InChI is InChI=1S/C20H21N7O/c28-18-20(9-12-25(18)14-16-6-4-5-11-21-16)10-13-26(15-20)19-22-23-24-27(19)17-7-2-1-3-8-17/h1-8,11H,9-10,12-15H2. The average Bonchev–Trinajstić information content (AvgIpc) is 3.46. The first-order valence-corrected chi connectivity index (χ1v) is 9.53. The summed E-state index contributed by atoms with van der Waals surface area (Å²) in [4.78, 5) is 21.6. The predicted molar refractivity (Wildman–Crippen MR) is 103 cm³/mol. The van der Waals surface area contributed by atoms with Crippen molar-refractivity contribution in [2.45, 2.75) is 19.4 Å². The second-order valence-corrected chi connectivity index (χ2v) is 7.48. The molecule has 1 aromatic carbocycles. The number of likely N-dealkylation sites (tertiary alicyclic amines) is 1. The molecule has 8 heteroatoms. The number of aromatic nitrogens is 5. The molecule has 1 spiro atoms. The van der Waals surface area contributed by atoms with Gasteiger partial charge in [0.25, 0.3) is 0 Å². The molecule has 0 radical (unpaired) electrons. The van der Waals surface area contributed by atoms with Crippen molar-refractivity contribution in [2.24, 2.45) is 5.41 Å². The Morgan fingerprint density at radius 2 is 1.82 bits per heavy atom. The van der Waals surface area contributed by atoms with E-state index in [1.807, 2.05) is 53.4 Å². The zero-order chi connectivity index (χ0) is 19.0. The van der Waals surface area contributed by atoms with Crippen LogP contribution in [-0.4, -0.2) is 55.6 Å². The zero-order valence-corrected chi connectivity index (χ0v) is 15.5. The van der Waals surface area contributed by atoms with Crippen LogP contribution in [0.25, 0.3) is 5.69 Å². The van der Waals surface area contributed by atoms with Gasteiger partial charge in [-0.1, -0.05) is 29.4 Å². The second-order valence-electron chi connectivity index (χ2n) is 7.48. The number of para-hydroxylation sites is 1. The lowest BCUT2D eigenvalue weighted by atomic mass is 9.85. The first kappa shape index (κ1) is 16.9. The fraction of sp³-hybridized carbons (Fsp3) is 0.350. The molecule has 0 bridgehead atoms. The van der Waals surface area contributed by atoms with Crippen molar-refractivity contribution >= 4 is 11.9 Å². The number of amides is 1. The van der Waals surface area contributed by atoms with Crippen LogP contribution in [0.4, 0.5) is 5.95 Å². The van der Waals surface area contributed by atoms with Crippen LogP contribution in [0.3, 0.4) is 0 Å². The Balaban J connectivity index is 1.34. The molecule has 4 heterocycles. The summed E-state index contributed by atoms with van der Waals surface area (Å²) in [6.45, 7) is 2.77. The van der Waals surface area contributed by atoms with Gasteiger partial charge in [-0.05, 0) is 47.5 Å². The van der Waals surface area contributed by atoms with Crippen LogP contribution in [0.5, 0.6) is 0 Å². The summed E-state index contributed by atoms with van der Waals surface area (Å²) in [6, 6.07) is 15.6. The van der Waals surface area contributed by atoms with E-state index in [1.165, 1.54) is 0 Å². The summed E-state index contributed by atoms with van der Waals surface area (Å²) in [5, 5.41) is 12.2. The Morgan fingerprint density at radius 3 is 2.64 bits per heavy atom. The van der Waals surface area contributed by atoms with Crippen molar-refractivity contribution in [3.8, 4) is 5.69 Å². The van der Waals surface area contributed by atoms with Crippen molar-refractivity contribution in [1.29, 1.82) is 0 Å². The van der Waals surface area contributed by atoms with Gasteiger partial charge < -0.3 is 9.80 Å². The third-order valence-corrected chi connectivity index (χ3v) is 5.77. The Kier molecular flexibility index (Phi) is 4.03. The largest absolute Gasteiger partial charge is 0.338 e. The summed E-state index contributed by atoms with van der Waals surface area (Å²) >= 11 is 0. The lowest BCUT2D eigenvalue weighted by molar-refractivity contribution is -0.135. The number of hydrogen-bond acceptors (Lipinski definition) is 6. The Hall–Kier alpha value is -3.29. The molecule has 142 valence electrons. The SMILES string of the molecule is O=C1N(Cc2ccccn2)CCC12CCN(c1nnnn1-c1ccccc1)C2. The van der Waals surface area contributed by atoms with Gasteiger partial charge in [-0.2, -0.15) is 4.68 Å². The molecule has 0 aliphatic carbocycles. The molecule has 8 nitrogen and oxygen atoms in total. The van der Waals surface area contributed by atoms with E-state index in [9.17, 15) is 4.79 Å². The van der Waals surface area contributed by atoms with E-state index >= 15 is 0 Å². The number of rotatable bonds is 4. The van der Waals surface area contributed by atoms with Gasteiger partial charge >= 0.3 is 0 Å². The molecule has 3 aromatic rings. The molecule has 1 amide bonds. The lowest BCUT2D eigenvalue weighted by Crippen LogP contribution is -2.37. The number of hydrogen-bond donors (Lipinski definition) is 0. The van der Waals surface area contributed by atoms with Gasteiger partial charge in [-0.3, -0.25) is 9.78 Å². The predicted octanol–water partition coefficient (Wildman–Crippen LogP) is 1.69. The fourth-order valence-electron chi connectivity index (χ4n) is 4.27. The highest BCUT2D eigenvalue weighted by molar-refractivity contribution is 5.86. The molecule has 0 N–H and O–H groups in total. The van der Waals surface area contributed by atoms with Gasteiger partial charge in [-0.15, -0.1) is 0 Å². The highest BCUT2D eigenvalue weighted by Gasteiger charge is 2.51. The van der Waals surface area contributed by atoms with Crippen molar-refractivity contribution in [3.63, 3.8) is 0 Å². The topological polar surface area (TPSA) is 80.0 Å². The smallest absolute Gasteiger partial charge is 0.250 e. The first-order chi connectivity index (χ1) is 13.8. The second kappa shape index (κ2) is 6.70. The maximum atomic E-state index is 13.2. The quantitative estimate of drug-likeness (QED) is 0.690. The molecule has 0 saturated carbocycles. The van der Waals surface area contributed by atoms with Crippen LogP contribution in [0.15, 0.2) is 54.7 Å². The highest BCUT2D eigenvalue weighted by Crippen LogP contribution is 2.42. The number of pyridine rings is 1. The molecule has 1 atom stereocenters. The Labute approximate surface area is 162 Å². The van der Waals surface area contributed by atoms with Crippen molar-refractivity contribution in [3.05, 3.63) is 60.4 Å². The number of carbonyl (C=O) groups is 1. The van der Waals surface area contributed by atoms with E-state index in [0.717, 1.165) is 37.3 Å². The number of nitrogens with zero attached hydrogens (tertiary/aromatic N) is 7. The van der Waals surface area contributed by atoms with Crippen LogP contribution in [0.1, 0.15) is 18.5 Å². The van der Waals surface area contributed by atoms with E-state index < -0.39 is 0 Å². The zero-order valence-electron chi connectivity index (χ0n) is 15.5.